The summed E-state index contributed by atoms with van der Waals surface area (Å²) in [6.07, 6.45) is 0. The first-order valence-electron chi connectivity index (χ1n) is 12.1. The van der Waals surface area contributed by atoms with Gasteiger partial charge < -0.3 is 0 Å². The molecule has 0 aliphatic rings. The van der Waals surface area contributed by atoms with Crippen molar-refractivity contribution < 1.29 is 0 Å². The molecule has 0 aliphatic heterocycles. The van der Waals surface area contributed by atoms with Crippen molar-refractivity contribution >= 4 is 65.7 Å². The molecule has 0 aromatic heterocycles. The number of benzene rings is 7. The van der Waals surface area contributed by atoms with E-state index < -0.39 is 20.3 Å². The summed E-state index contributed by atoms with van der Waals surface area (Å²) >= 11 is -3.77. The third kappa shape index (κ3) is 3.08. The van der Waals surface area contributed by atoms with E-state index in [4.69, 9.17) is 0 Å². The van der Waals surface area contributed by atoms with E-state index in [9.17, 15) is 0 Å². The van der Waals surface area contributed by atoms with Crippen molar-refractivity contribution in [1.29, 1.82) is 0 Å². The molecule has 0 fully saturated rings. The maximum atomic E-state index is 2.45. The van der Waals surface area contributed by atoms with Crippen LogP contribution in [-0.4, -0.2) is 20.3 Å². The van der Waals surface area contributed by atoms with Gasteiger partial charge in [0.1, 0.15) is 0 Å². The van der Waals surface area contributed by atoms with Crippen LogP contribution in [0.1, 0.15) is 0 Å². The van der Waals surface area contributed by atoms with Gasteiger partial charge in [-0.1, -0.05) is 0 Å². The zero-order chi connectivity index (χ0) is 23.2. The quantitative estimate of drug-likeness (QED) is 0.165. The van der Waals surface area contributed by atoms with E-state index in [0.717, 1.165) is 0 Å². The summed E-state index contributed by atoms with van der Waals surface area (Å²) < 4.78 is 5.99. The standard InChI is InChI=1S/C16H9.3C6H5.Bi/c1-3-11-7-9-13-5-2-6-14-10-8-12(4-1)15(11)16(13)14;3*1-2-4-6-5-3-1;/h1-5,7-10H;3*1-5H;. The molecule has 0 nitrogen and oxygen atoms in total. The second kappa shape index (κ2) is 8.29. The average molecular weight is 642 g/mol. The Morgan fingerprint density at radius 2 is 0.743 bits per heavy atom. The Kier molecular flexibility index (Phi) is 4.93. The summed E-state index contributed by atoms with van der Waals surface area (Å²) in [5.41, 5.74) is 0. The topological polar surface area (TPSA) is 0 Å². The van der Waals surface area contributed by atoms with Gasteiger partial charge >= 0.3 is 211 Å². The van der Waals surface area contributed by atoms with E-state index in [1.54, 1.807) is 0 Å². The summed E-state index contributed by atoms with van der Waals surface area (Å²) in [5.74, 6) is 0. The zero-order valence-corrected chi connectivity index (χ0v) is 22.8. The normalized spacial score (nSPS) is 12.0. The van der Waals surface area contributed by atoms with Crippen molar-refractivity contribution in [3.63, 3.8) is 0 Å². The van der Waals surface area contributed by atoms with Crippen molar-refractivity contribution in [3.05, 3.63) is 146 Å². The number of hydrogen-bond acceptors (Lipinski definition) is 0. The van der Waals surface area contributed by atoms with Crippen molar-refractivity contribution in [2.24, 2.45) is 0 Å². The molecule has 0 saturated heterocycles. The molecule has 7 aromatic carbocycles. The van der Waals surface area contributed by atoms with Gasteiger partial charge in [0.15, 0.2) is 0 Å². The fourth-order valence-electron chi connectivity index (χ4n) is 5.83. The first kappa shape index (κ1) is 20.8. The molecule has 0 unspecified atom stereocenters. The molecule has 7 rings (SSSR count). The van der Waals surface area contributed by atoms with E-state index in [1.807, 2.05) is 0 Å². The van der Waals surface area contributed by atoms with Crippen LogP contribution in [0, 0.1) is 0 Å². The summed E-state index contributed by atoms with van der Waals surface area (Å²) in [6, 6.07) is 54.7. The van der Waals surface area contributed by atoms with Gasteiger partial charge in [0.2, 0.25) is 0 Å². The first-order valence-corrected chi connectivity index (χ1v) is 19.1. The maximum absolute atomic E-state index is 3.77. The van der Waals surface area contributed by atoms with Crippen LogP contribution in [0.15, 0.2) is 146 Å². The molecule has 165 valence electrons. The van der Waals surface area contributed by atoms with E-state index in [0.29, 0.717) is 0 Å². The Morgan fingerprint density at radius 1 is 0.314 bits per heavy atom. The van der Waals surface area contributed by atoms with Crippen LogP contribution in [0.3, 0.4) is 0 Å². The predicted molar refractivity (Wildman–Crippen MR) is 154 cm³/mol. The van der Waals surface area contributed by atoms with Gasteiger partial charge in [0.25, 0.3) is 0 Å². The van der Waals surface area contributed by atoms with E-state index in [1.165, 1.54) is 45.4 Å². The Bertz CT molecular complexity index is 1660. The average Bonchev–Trinajstić information content (AvgIpc) is 2.94. The summed E-state index contributed by atoms with van der Waals surface area (Å²) in [7, 11) is 0. The van der Waals surface area contributed by atoms with Gasteiger partial charge in [-0.2, -0.15) is 0 Å². The number of hydrogen-bond donors (Lipinski definition) is 0. The van der Waals surface area contributed by atoms with Crippen LogP contribution in [0.2, 0.25) is 0 Å². The molecule has 0 bridgehead atoms. The van der Waals surface area contributed by atoms with E-state index in [-0.39, 0.29) is 0 Å². The van der Waals surface area contributed by atoms with Crippen LogP contribution in [0.25, 0.3) is 32.3 Å². The molecular weight excluding hydrogens is 617 g/mol. The first-order chi connectivity index (χ1) is 17.4. The van der Waals surface area contributed by atoms with Gasteiger partial charge in [-0.15, -0.1) is 0 Å². The molecule has 1 radical (unpaired) electrons. The third-order valence-electron chi connectivity index (χ3n) is 7.30. The minimum atomic E-state index is -3.77. The van der Waals surface area contributed by atoms with Gasteiger partial charge in [0.05, 0.1) is 0 Å². The monoisotopic (exact) mass is 641 g/mol. The SMILES string of the molecule is c1cc[c]([Bi]([c]2ccccc2)([c]2ccccc2)[c]2ccc3ccc4cccc5ccc2c3c45)cc1. The second-order valence-corrected chi connectivity index (χ2v) is 22.2. The molecule has 0 heterocycles. The van der Waals surface area contributed by atoms with Crippen molar-refractivity contribution in [1.82, 2.24) is 0 Å². The van der Waals surface area contributed by atoms with Crippen LogP contribution in [0.4, 0.5) is 0 Å². The van der Waals surface area contributed by atoms with Gasteiger partial charge in [0, 0.05) is 0 Å². The van der Waals surface area contributed by atoms with E-state index in [2.05, 4.69) is 146 Å². The Hall–Kier alpha value is -3.54. The summed E-state index contributed by atoms with van der Waals surface area (Å²) in [4.78, 5) is 0. The van der Waals surface area contributed by atoms with Crippen molar-refractivity contribution in [2.45, 2.75) is 0 Å². The molecule has 0 atom stereocenters. The molecular formula is C34H24Bi. The molecule has 0 saturated carbocycles. The Morgan fingerprint density at radius 3 is 1.26 bits per heavy atom. The summed E-state index contributed by atoms with van der Waals surface area (Å²) in [5, 5.41) is 8.16. The summed E-state index contributed by atoms with van der Waals surface area (Å²) in [6.45, 7) is 0. The molecule has 0 spiro atoms. The van der Waals surface area contributed by atoms with Gasteiger partial charge in [-0.05, 0) is 0 Å². The van der Waals surface area contributed by atoms with Crippen LogP contribution >= 0.6 is 0 Å². The Balaban J connectivity index is 1.71. The molecule has 0 amide bonds. The van der Waals surface area contributed by atoms with E-state index >= 15 is 0 Å². The fourth-order valence-corrected chi connectivity index (χ4v) is 23.1. The molecule has 0 aliphatic carbocycles. The zero-order valence-electron chi connectivity index (χ0n) is 19.3. The Labute approximate surface area is 210 Å². The molecule has 1 heteroatoms. The van der Waals surface area contributed by atoms with Crippen LogP contribution in [0.5, 0.6) is 0 Å². The van der Waals surface area contributed by atoms with Crippen LogP contribution < -0.4 is 13.1 Å². The van der Waals surface area contributed by atoms with Gasteiger partial charge in [-0.3, -0.25) is 0 Å². The minimum absolute atomic E-state index is 1.32. The van der Waals surface area contributed by atoms with Crippen molar-refractivity contribution in [2.75, 3.05) is 0 Å². The molecule has 35 heavy (non-hydrogen) atoms. The predicted octanol–water partition coefficient (Wildman–Crippen LogP) is 5.96. The molecule has 7 aromatic rings. The molecule has 0 N–H and O–H groups in total. The van der Waals surface area contributed by atoms with Crippen LogP contribution in [-0.2, 0) is 0 Å². The fraction of sp³-hybridized carbons (Fsp3) is 0. The third-order valence-corrected chi connectivity index (χ3v) is 24.1. The number of rotatable bonds is 4. The second-order valence-electron chi connectivity index (χ2n) is 9.12. The van der Waals surface area contributed by atoms with Gasteiger partial charge in [-0.25, -0.2) is 0 Å². The van der Waals surface area contributed by atoms with Crippen molar-refractivity contribution in [3.8, 4) is 0 Å².